The van der Waals surface area contributed by atoms with E-state index in [1.165, 1.54) is 4.70 Å². The van der Waals surface area contributed by atoms with Gasteiger partial charge in [-0.2, -0.15) is 5.26 Å². The highest BCUT2D eigenvalue weighted by Crippen LogP contribution is 2.35. The molecule has 0 aliphatic rings. The molecule has 0 fully saturated rings. The predicted molar refractivity (Wildman–Crippen MR) is 74.9 cm³/mol. The molecule has 0 saturated carbocycles. The molecule has 0 atom stereocenters. The molecule has 1 heterocycles. The minimum Gasteiger partial charge on any atom is -0.229 e. The van der Waals surface area contributed by atoms with Gasteiger partial charge in [0.2, 0.25) is 0 Å². The molecule has 0 amide bonds. The highest BCUT2D eigenvalue weighted by Gasteiger charge is 2.07. The van der Waals surface area contributed by atoms with E-state index < -0.39 is 0 Å². The van der Waals surface area contributed by atoms with Crippen LogP contribution in [-0.4, -0.2) is 4.98 Å². The molecule has 0 radical (unpaired) electrons. The molecule has 86 valence electrons. The molecule has 1 aromatic heterocycles. The summed E-state index contributed by atoms with van der Waals surface area (Å²) in [7, 11) is 0. The van der Waals surface area contributed by atoms with E-state index >= 15 is 0 Å². The molecule has 3 rings (SSSR count). The Hall–Kier alpha value is -1.83. The summed E-state index contributed by atoms with van der Waals surface area (Å²) in [6, 6.07) is 17.9. The lowest BCUT2D eigenvalue weighted by Crippen LogP contribution is -1.79. The minimum absolute atomic E-state index is 0.696. The second kappa shape index (κ2) is 4.81. The van der Waals surface area contributed by atoms with Crippen molar-refractivity contribution < 1.29 is 0 Å². The van der Waals surface area contributed by atoms with E-state index in [0.717, 1.165) is 14.8 Å². The summed E-state index contributed by atoms with van der Waals surface area (Å²) in [5.41, 5.74) is 1.71. The summed E-state index contributed by atoms with van der Waals surface area (Å²) >= 11 is 3.20. The molecular formula is C14H8N2S2. The number of hydrogen-bond donors (Lipinski definition) is 0. The van der Waals surface area contributed by atoms with E-state index in [4.69, 9.17) is 5.26 Å². The summed E-state index contributed by atoms with van der Waals surface area (Å²) in [6.45, 7) is 0. The van der Waals surface area contributed by atoms with Gasteiger partial charge >= 0.3 is 0 Å². The van der Waals surface area contributed by atoms with Crippen molar-refractivity contribution in [1.82, 2.24) is 4.98 Å². The summed E-state index contributed by atoms with van der Waals surface area (Å²) in [6.07, 6.45) is 0. The molecule has 0 saturated heterocycles. The van der Waals surface area contributed by atoms with Crippen molar-refractivity contribution in [1.29, 1.82) is 5.26 Å². The lowest BCUT2D eigenvalue weighted by molar-refractivity contribution is 1.28. The first kappa shape index (κ1) is 11.3. The standard InChI is InChI=1S/C14H8N2S2/c15-9-10-5-1-3-7-12(10)17-14-16-11-6-2-4-8-13(11)18-14/h1-8H. The van der Waals surface area contributed by atoms with Gasteiger partial charge in [-0.1, -0.05) is 36.0 Å². The largest absolute Gasteiger partial charge is 0.229 e. The number of hydrogen-bond acceptors (Lipinski definition) is 4. The number of aromatic nitrogens is 1. The molecule has 0 N–H and O–H groups in total. The predicted octanol–water partition coefficient (Wildman–Crippen LogP) is 4.32. The smallest absolute Gasteiger partial charge is 0.155 e. The minimum atomic E-state index is 0.696. The van der Waals surface area contributed by atoms with Gasteiger partial charge in [0.25, 0.3) is 0 Å². The van der Waals surface area contributed by atoms with Crippen molar-refractivity contribution in [2.24, 2.45) is 0 Å². The average Bonchev–Trinajstić information content (AvgIpc) is 2.81. The number of para-hydroxylation sites is 1. The molecule has 0 aliphatic carbocycles. The Morgan fingerprint density at radius 2 is 1.83 bits per heavy atom. The zero-order chi connectivity index (χ0) is 12.4. The lowest BCUT2D eigenvalue weighted by atomic mass is 10.2. The van der Waals surface area contributed by atoms with Crippen molar-refractivity contribution in [2.45, 2.75) is 9.24 Å². The Labute approximate surface area is 113 Å². The second-order valence-corrected chi connectivity index (χ2v) is 5.98. The normalized spacial score (nSPS) is 10.4. The number of thiazole rings is 1. The summed E-state index contributed by atoms with van der Waals surface area (Å²) in [4.78, 5) is 5.51. The van der Waals surface area contributed by atoms with Gasteiger partial charge in [0.1, 0.15) is 6.07 Å². The van der Waals surface area contributed by atoms with Crippen LogP contribution in [0, 0.1) is 11.3 Å². The maximum atomic E-state index is 9.06. The Balaban J connectivity index is 1.99. The van der Waals surface area contributed by atoms with Crippen molar-refractivity contribution in [3.8, 4) is 6.07 Å². The fourth-order valence-corrected chi connectivity index (χ4v) is 3.74. The van der Waals surface area contributed by atoms with Crippen molar-refractivity contribution in [3.63, 3.8) is 0 Å². The fourth-order valence-electron chi connectivity index (χ4n) is 1.64. The second-order valence-electron chi connectivity index (χ2n) is 3.66. The van der Waals surface area contributed by atoms with Crippen LogP contribution >= 0.6 is 23.1 Å². The average molecular weight is 268 g/mol. The molecule has 2 nitrogen and oxygen atoms in total. The third-order valence-corrected chi connectivity index (χ3v) is 4.65. The van der Waals surface area contributed by atoms with Crippen molar-refractivity contribution in [3.05, 3.63) is 54.1 Å². The Kier molecular flexibility index (Phi) is 3.01. The van der Waals surface area contributed by atoms with Crippen LogP contribution < -0.4 is 0 Å². The molecule has 18 heavy (non-hydrogen) atoms. The zero-order valence-electron chi connectivity index (χ0n) is 9.33. The molecule has 2 aromatic carbocycles. The lowest BCUT2D eigenvalue weighted by Gasteiger charge is -1.98. The van der Waals surface area contributed by atoms with Crippen LogP contribution in [0.3, 0.4) is 0 Å². The van der Waals surface area contributed by atoms with E-state index in [-0.39, 0.29) is 0 Å². The van der Waals surface area contributed by atoms with Crippen LogP contribution in [0.4, 0.5) is 0 Å². The van der Waals surface area contributed by atoms with Crippen molar-refractivity contribution in [2.75, 3.05) is 0 Å². The molecule has 0 spiro atoms. The number of fused-ring (bicyclic) bond motifs is 1. The van der Waals surface area contributed by atoms with E-state index in [0.29, 0.717) is 5.56 Å². The van der Waals surface area contributed by atoms with Crippen LogP contribution in [0.1, 0.15) is 5.56 Å². The third kappa shape index (κ3) is 2.10. The maximum absolute atomic E-state index is 9.06. The SMILES string of the molecule is N#Cc1ccccc1Sc1nc2ccccc2s1. The van der Waals surface area contributed by atoms with Crippen LogP contribution in [0.2, 0.25) is 0 Å². The highest BCUT2D eigenvalue weighted by molar-refractivity contribution is 8.01. The topological polar surface area (TPSA) is 36.7 Å². The maximum Gasteiger partial charge on any atom is 0.155 e. The fraction of sp³-hybridized carbons (Fsp3) is 0. The van der Waals surface area contributed by atoms with E-state index in [9.17, 15) is 0 Å². The number of benzene rings is 2. The molecule has 0 aliphatic heterocycles. The first-order valence-electron chi connectivity index (χ1n) is 5.39. The number of rotatable bonds is 2. The van der Waals surface area contributed by atoms with Crippen LogP contribution in [-0.2, 0) is 0 Å². The molecule has 4 heteroatoms. The molecule has 0 bridgehead atoms. The van der Waals surface area contributed by atoms with Crippen molar-refractivity contribution >= 4 is 33.3 Å². The van der Waals surface area contributed by atoms with Crippen LogP contribution in [0.5, 0.6) is 0 Å². The molecule has 3 aromatic rings. The van der Waals surface area contributed by atoms with Gasteiger partial charge in [-0.25, -0.2) is 4.98 Å². The Morgan fingerprint density at radius 3 is 2.67 bits per heavy atom. The molecular weight excluding hydrogens is 260 g/mol. The van der Waals surface area contributed by atoms with E-state index in [1.54, 1.807) is 23.1 Å². The Morgan fingerprint density at radius 1 is 1.06 bits per heavy atom. The highest BCUT2D eigenvalue weighted by atomic mass is 32.2. The van der Waals surface area contributed by atoms with Crippen LogP contribution in [0.15, 0.2) is 57.8 Å². The first-order valence-corrected chi connectivity index (χ1v) is 7.03. The quantitative estimate of drug-likeness (QED) is 0.694. The zero-order valence-corrected chi connectivity index (χ0v) is 11.0. The van der Waals surface area contributed by atoms with Gasteiger partial charge in [-0.15, -0.1) is 11.3 Å². The van der Waals surface area contributed by atoms with E-state index in [1.807, 2.05) is 42.5 Å². The summed E-state index contributed by atoms with van der Waals surface area (Å²) in [5, 5.41) is 9.06. The summed E-state index contributed by atoms with van der Waals surface area (Å²) < 4.78 is 2.15. The van der Waals surface area contributed by atoms with Crippen LogP contribution in [0.25, 0.3) is 10.2 Å². The van der Waals surface area contributed by atoms with Gasteiger partial charge < -0.3 is 0 Å². The Bertz CT molecular complexity index is 708. The van der Waals surface area contributed by atoms with Gasteiger partial charge in [0.15, 0.2) is 4.34 Å². The van der Waals surface area contributed by atoms with Gasteiger partial charge in [-0.05, 0) is 24.3 Å². The first-order chi connectivity index (χ1) is 8.86. The third-order valence-electron chi connectivity index (χ3n) is 2.48. The van der Waals surface area contributed by atoms with Gasteiger partial charge in [0.05, 0.1) is 15.8 Å². The molecule has 0 unspecified atom stereocenters. The van der Waals surface area contributed by atoms with E-state index in [2.05, 4.69) is 17.1 Å². The number of nitrogens with zero attached hydrogens (tertiary/aromatic N) is 2. The number of nitriles is 1. The summed E-state index contributed by atoms with van der Waals surface area (Å²) in [5.74, 6) is 0. The monoisotopic (exact) mass is 268 g/mol. The van der Waals surface area contributed by atoms with Gasteiger partial charge in [0, 0.05) is 4.90 Å². The van der Waals surface area contributed by atoms with Gasteiger partial charge in [-0.3, -0.25) is 0 Å².